The molecule has 0 saturated carbocycles. The van der Waals surface area contributed by atoms with Crippen LogP contribution < -0.4 is 10.1 Å². The Labute approximate surface area is 133 Å². The smallest absolute Gasteiger partial charge is 0.132 e. The molecule has 0 fully saturated rings. The van der Waals surface area contributed by atoms with Crippen LogP contribution in [-0.2, 0) is 6.54 Å². The average Bonchev–Trinajstić information content (AvgIpc) is 2.47. The molecule has 2 nitrogen and oxygen atoms in total. The van der Waals surface area contributed by atoms with Crippen LogP contribution in [0.25, 0.3) is 0 Å². The first kappa shape index (κ1) is 15.4. The normalized spacial score (nSPS) is 10.6. The van der Waals surface area contributed by atoms with E-state index in [1.54, 1.807) is 18.9 Å². The molecule has 4 heteroatoms. The molecule has 0 spiro atoms. The first-order valence-electron chi connectivity index (χ1n) is 6.54. The molecule has 0 saturated heterocycles. The molecule has 0 bridgehead atoms. The van der Waals surface area contributed by atoms with E-state index in [-0.39, 0.29) is 0 Å². The van der Waals surface area contributed by atoms with Gasteiger partial charge in [-0.2, -0.15) is 0 Å². The lowest BCUT2D eigenvalue weighted by Gasteiger charge is -2.12. The molecule has 0 unspecified atom stereocenters. The second-order valence-corrected chi connectivity index (χ2v) is 6.28. The maximum absolute atomic E-state index is 5.42. The van der Waals surface area contributed by atoms with Gasteiger partial charge >= 0.3 is 0 Å². The van der Waals surface area contributed by atoms with Crippen LogP contribution in [0.2, 0.25) is 0 Å². The Hall–Kier alpha value is -0.970. The van der Waals surface area contributed by atoms with E-state index < -0.39 is 0 Å². The molecule has 0 aliphatic carbocycles. The fraction of sp³-hybridized carbons (Fsp3) is 0.250. The maximum atomic E-state index is 5.42. The molecule has 0 amide bonds. The molecule has 0 aliphatic rings. The van der Waals surface area contributed by atoms with Crippen LogP contribution in [0.3, 0.4) is 0 Å². The number of hydrogen-bond acceptors (Lipinski definition) is 3. The summed E-state index contributed by atoms with van der Waals surface area (Å²) in [6.45, 7) is 3.96. The maximum Gasteiger partial charge on any atom is 0.132 e. The summed E-state index contributed by atoms with van der Waals surface area (Å²) in [5.74, 6) is 0.909. The van der Waals surface area contributed by atoms with Gasteiger partial charge in [-0.05, 0) is 36.4 Å². The molecule has 0 aromatic heterocycles. The summed E-state index contributed by atoms with van der Waals surface area (Å²) in [5.41, 5.74) is 1.30. The minimum atomic E-state index is 0.876. The van der Waals surface area contributed by atoms with E-state index in [1.165, 1.54) is 10.5 Å². The SMILES string of the molecule is CCNCc1ccc(Br)cc1Sc1ccccc1OC. The number of methoxy groups -OCH3 is 1. The predicted octanol–water partition coefficient (Wildman–Crippen LogP) is 4.72. The zero-order valence-corrected chi connectivity index (χ0v) is 14.1. The van der Waals surface area contributed by atoms with Gasteiger partial charge in [-0.1, -0.05) is 52.8 Å². The van der Waals surface area contributed by atoms with Crippen LogP contribution in [0.15, 0.2) is 56.7 Å². The van der Waals surface area contributed by atoms with Gasteiger partial charge in [0.2, 0.25) is 0 Å². The molecule has 2 aromatic rings. The molecule has 1 N–H and O–H groups in total. The number of benzene rings is 2. The van der Waals surface area contributed by atoms with Gasteiger partial charge in [-0.25, -0.2) is 0 Å². The molecule has 0 heterocycles. The number of nitrogens with one attached hydrogen (secondary N) is 1. The highest BCUT2D eigenvalue weighted by Gasteiger charge is 2.08. The third-order valence-corrected chi connectivity index (χ3v) is 4.53. The zero-order chi connectivity index (χ0) is 14.4. The fourth-order valence-corrected chi connectivity index (χ4v) is 3.46. The van der Waals surface area contributed by atoms with Crippen molar-refractivity contribution in [2.45, 2.75) is 23.3 Å². The third kappa shape index (κ3) is 4.01. The number of para-hydroxylation sites is 1. The fourth-order valence-electron chi connectivity index (χ4n) is 1.85. The van der Waals surface area contributed by atoms with Gasteiger partial charge in [0.15, 0.2) is 0 Å². The summed E-state index contributed by atoms with van der Waals surface area (Å²) in [5, 5.41) is 3.38. The van der Waals surface area contributed by atoms with Crippen LogP contribution in [0.5, 0.6) is 5.75 Å². The van der Waals surface area contributed by atoms with Crippen LogP contribution in [0, 0.1) is 0 Å². The van der Waals surface area contributed by atoms with Gasteiger partial charge in [0.25, 0.3) is 0 Å². The van der Waals surface area contributed by atoms with Crippen molar-refractivity contribution in [2.75, 3.05) is 13.7 Å². The Morgan fingerprint density at radius 1 is 1.15 bits per heavy atom. The monoisotopic (exact) mass is 351 g/mol. The number of hydrogen-bond donors (Lipinski definition) is 1. The van der Waals surface area contributed by atoms with Gasteiger partial charge in [0.05, 0.1) is 12.0 Å². The Morgan fingerprint density at radius 3 is 2.70 bits per heavy atom. The standard InChI is InChI=1S/C16H18BrNOS/c1-3-18-11-12-8-9-13(17)10-16(12)20-15-7-5-4-6-14(15)19-2/h4-10,18H,3,11H2,1-2H3. The summed E-state index contributed by atoms with van der Waals surface area (Å²) in [6.07, 6.45) is 0. The molecule has 0 atom stereocenters. The molecule has 0 aliphatic heterocycles. The molecular weight excluding hydrogens is 334 g/mol. The van der Waals surface area contributed by atoms with Gasteiger partial charge in [0.1, 0.15) is 5.75 Å². The molecule has 2 aromatic carbocycles. The molecule has 0 radical (unpaired) electrons. The highest BCUT2D eigenvalue weighted by molar-refractivity contribution is 9.10. The lowest BCUT2D eigenvalue weighted by Crippen LogP contribution is -2.12. The summed E-state index contributed by atoms with van der Waals surface area (Å²) in [6, 6.07) is 14.5. The average molecular weight is 352 g/mol. The summed E-state index contributed by atoms with van der Waals surface area (Å²) < 4.78 is 6.51. The number of rotatable bonds is 6. The van der Waals surface area contributed by atoms with Gasteiger partial charge in [0, 0.05) is 15.9 Å². The van der Waals surface area contributed by atoms with Gasteiger partial charge < -0.3 is 10.1 Å². The van der Waals surface area contributed by atoms with Crippen molar-refractivity contribution in [3.8, 4) is 5.75 Å². The Bertz CT molecular complexity index is 574. The van der Waals surface area contributed by atoms with Gasteiger partial charge in [-0.3, -0.25) is 0 Å². The van der Waals surface area contributed by atoms with Gasteiger partial charge in [-0.15, -0.1) is 0 Å². The number of ether oxygens (including phenoxy) is 1. The lowest BCUT2D eigenvalue weighted by atomic mass is 10.2. The van der Waals surface area contributed by atoms with Crippen LogP contribution in [-0.4, -0.2) is 13.7 Å². The third-order valence-electron chi connectivity index (χ3n) is 2.88. The summed E-state index contributed by atoms with van der Waals surface area (Å²) in [7, 11) is 1.71. The lowest BCUT2D eigenvalue weighted by molar-refractivity contribution is 0.405. The van der Waals surface area contributed by atoms with E-state index in [2.05, 4.69) is 52.4 Å². The van der Waals surface area contributed by atoms with Crippen molar-refractivity contribution in [3.63, 3.8) is 0 Å². The highest BCUT2D eigenvalue weighted by atomic mass is 79.9. The van der Waals surface area contributed by atoms with Crippen LogP contribution >= 0.6 is 27.7 Å². The quantitative estimate of drug-likeness (QED) is 0.813. The van der Waals surface area contributed by atoms with E-state index in [0.29, 0.717) is 0 Å². The van der Waals surface area contributed by atoms with E-state index in [4.69, 9.17) is 4.74 Å². The topological polar surface area (TPSA) is 21.3 Å². The van der Waals surface area contributed by atoms with Crippen molar-refractivity contribution in [1.82, 2.24) is 5.32 Å². The number of halogens is 1. The van der Waals surface area contributed by atoms with Crippen molar-refractivity contribution < 1.29 is 4.74 Å². The van der Waals surface area contributed by atoms with E-state index in [1.807, 2.05) is 18.2 Å². The van der Waals surface area contributed by atoms with Crippen molar-refractivity contribution >= 4 is 27.7 Å². The first-order valence-corrected chi connectivity index (χ1v) is 8.15. The largest absolute Gasteiger partial charge is 0.496 e. The second-order valence-electron chi connectivity index (χ2n) is 4.29. The van der Waals surface area contributed by atoms with Crippen LogP contribution in [0.1, 0.15) is 12.5 Å². The van der Waals surface area contributed by atoms with Crippen LogP contribution in [0.4, 0.5) is 0 Å². The Morgan fingerprint density at radius 2 is 1.95 bits per heavy atom. The summed E-state index contributed by atoms with van der Waals surface area (Å²) >= 11 is 5.28. The Balaban J connectivity index is 2.29. The molecular formula is C16H18BrNOS. The van der Waals surface area contributed by atoms with Crippen molar-refractivity contribution in [2.24, 2.45) is 0 Å². The minimum absolute atomic E-state index is 0.876. The van der Waals surface area contributed by atoms with Crippen molar-refractivity contribution in [3.05, 3.63) is 52.5 Å². The zero-order valence-electron chi connectivity index (χ0n) is 11.7. The predicted molar refractivity (Wildman–Crippen MR) is 88.6 cm³/mol. The molecule has 106 valence electrons. The highest BCUT2D eigenvalue weighted by Crippen LogP contribution is 2.37. The van der Waals surface area contributed by atoms with E-state index >= 15 is 0 Å². The molecule has 20 heavy (non-hydrogen) atoms. The van der Waals surface area contributed by atoms with E-state index in [9.17, 15) is 0 Å². The minimum Gasteiger partial charge on any atom is -0.496 e. The second kappa shape index (κ2) is 7.72. The first-order chi connectivity index (χ1) is 9.74. The van der Waals surface area contributed by atoms with E-state index in [0.717, 1.165) is 28.2 Å². The van der Waals surface area contributed by atoms with Crippen molar-refractivity contribution in [1.29, 1.82) is 0 Å². The Kier molecular flexibility index (Phi) is 5.95. The molecule has 2 rings (SSSR count). The summed E-state index contributed by atoms with van der Waals surface area (Å²) in [4.78, 5) is 2.37.